The van der Waals surface area contributed by atoms with Crippen LogP contribution in [0.4, 0.5) is 10.5 Å². The topological polar surface area (TPSA) is 52.6 Å². The first-order chi connectivity index (χ1) is 9.06. The largest absolute Gasteiger partial charge is 0.465 e. The average molecular weight is 437 g/mol. The van der Waals surface area contributed by atoms with Gasteiger partial charge in [0.15, 0.2) is 0 Å². The van der Waals surface area contributed by atoms with E-state index < -0.39 is 6.09 Å². The summed E-state index contributed by atoms with van der Waals surface area (Å²) in [6, 6.07) is 4.28. The van der Waals surface area contributed by atoms with Crippen LogP contribution in [-0.2, 0) is 0 Å². The summed E-state index contributed by atoms with van der Waals surface area (Å²) in [6.07, 6.45) is 0.221. The fraction of sp³-hybridized carbons (Fsp3) is 0.462. The Morgan fingerprint density at radius 2 is 2.26 bits per heavy atom. The molecular formula is C13H14BrIN2O2. The van der Waals surface area contributed by atoms with Gasteiger partial charge in [-0.25, -0.2) is 4.79 Å². The number of fused-ring (bicyclic) bond motifs is 3. The van der Waals surface area contributed by atoms with Gasteiger partial charge in [-0.3, -0.25) is 0 Å². The highest BCUT2D eigenvalue weighted by atomic mass is 127. The predicted octanol–water partition coefficient (Wildman–Crippen LogP) is 3.56. The number of anilines is 1. The third-order valence-corrected chi connectivity index (χ3v) is 5.26. The van der Waals surface area contributed by atoms with Crippen molar-refractivity contribution in [1.29, 1.82) is 0 Å². The van der Waals surface area contributed by atoms with E-state index in [0.717, 1.165) is 23.1 Å². The van der Waals surface area contributed by atoms with E-state index in [9.17, 15) is 9.90 Å². The highest BCUT2D eigenvalue weighted by Crippen LogP contribution is 2.43. The molecule has 1 aromatic rings. The van der Waals surface area contributed by atoms with E-state index in [1.165, 1.54) is 9.13 Å². The molecular weight excluding hydrogens is 423 g/mol. The van der Waals surface area contributed by atoms with Crippen LogP contribution < -0.4 is 5.32 Å². The molecule has 0 saturated carbocycles. The molecule has 1 saturated heterocycles. The molecule has 0 aliphatic carbocycles. The lowest BCUT2D eigenvalue weighted by Crippen LogP contribution is -2.27. The summed E-state index contributed by atoms with van der Waals surface area (Å²) in [6.45, 7) is 2.17. The summed E-state index contributed by atoms with van der Waals surface area (Å²) < 4.78 is 2.25. The summed E-state index contributed by atoms with van der Waals surface area (Å²) in [5.41, 5.74) is 2.39. The standard InChI is InChI=1S/C13H14BrIN2O2/c14-11-4-8(15)3-9-10-6-17(13(18)19)5-7(10)1-2-16-12(9)11/h3-4,7,10,16H,1-2,5-6H2,(H,18,19)/t7-,10-/m1/s1. The molecule has 2 aliphatic heterocycles. The molecule has 0 aromatic heterocycles. The van der Waals surface area contributed by atoms with Gasteiger partial charge in [0.2, 0.25) is 0 Å². The van der Waals surface area contributed by atoms with E-state index in [0.29, 0.717) is 24.9 Å². The molecule has 6 heteroatoms. The number of benzene rings is 1. The Morgan fingerprint density at radius 1 is 1.47 bits per heavy atom. The first-order valence-corrected chi connectivity index (χ1v) is 8.14. The highest BCUT2D eigenvalue weighted by molar-refractivity contribution is 14.1. The lowest BCUT2D eigenvalue weighted by molar-refractivity contribution is 0.153. The first kappa shape index (κ1) is 13.5. The number of carboxylic acid groups (broad SMARTS) is 1. The fourth-order valence-corrected chi connectivity index (χ4v) is 4.82. The minimum absolute atomic E-state index is 0.312. The number of hydrogen-bond acceptors (Lipinski definition) is 2. The minimum Gasteiger partial charge on any atom is -0.465 e. The van der Waals surface area contributed by atoms with Gasteiger partial charge >= 0.3 is 6.09 Å². The van der Waals surface area contributed by atoms with E-state index in [1.807, 2.05) is 0 Å². The average Bonchev–Trinajstić information content (AvgIpc) is 2.68. The van der Waals surface area contributed by atoms with Gasteiger partial charge < -0.3 is 15.3 Å². The number of carbonyl (C=O) groups is 1. The van der Waals surface area contributed by atoms with Gasteiger partial charge in [0.1, 0.15) is 0 Å². The van der Waals surface area contributed by atoms with Crippen molar-refractivity contribution in [2.45, 2.75) is 12.3 Å². The van der Waals surface area contributed by atoms with Gasteiger partial charge in [0.25, 0.3) is 0 Å². The first-order valence-electron chi connectivity index (χ1n) is 6.27. The zero-order valence-corrected chi connectivity index (χ0v) is 13.9. The van der Waals surface area contributed by atoms with Crippen LogP contribution in [0.15, 0.2) is 16.6 Å². The Bertz CT molecular complexity index is 538. The van der Waals surface area contributed by atoms with Crippen LogP contribution in [0.5, 0.6) is 0 Å². The number of likely N-dealkylation sites (tertiary alicyclic amines) is 1. The molecule has 0 unspecified atom stereocenters. The quantitative estimate of drug-likeness (QED) is 0.611. The highest BCUT2D eigenvalue weighted by Gasteiger charge is 2.38. The van der Waals surface area contributed by atoms with Crippen LogP contribution in [-0.4, -0.2) is 35.7 Å². The van der Waals surface area contributed by atoms with Crippen LogP contribution in [0.2, 0.25) is 0 Å². The van der Waals surface area contributed by atoms with Crippen LogP contribution in [0, 0.1) is 9.49 Å². The van der Waals surface area contributed by atoms with Crippen LogP contribution >= 0.6 is 38.5 Å². The van der Waals surface area contributed by atoms with Gasteiger partial charge in [-0.1, -0.05) is 0 Å². The van der Waals surface area contributed by atoms with Crippen molar-refractivity contribution in [2.24, 2.45) is 5.92 Å². The summed E-state index contributed by atoms with van der Waals surface area (Å²) in [5, 5.41) is 12.7. The molecule has 1 aromatic carbocycles. The zero-order chi connectivity index (χ0) is 13.6. The maximum atomic E-state index is 11.2. The maximum Gasteiger partial charge on any atom is 0.407 e. The van der Waals surface area contributed by atoms with Crippen molar-refractivity contribution in [3.05, 3.63) is 25.7 Å². The maximum absolute atomic E-state index is 11.2. The lowest BCUT2D eigenvalue weighted by Gasteiger charge is -2.18. The SMILES string of the molecule is O=C(O)N1C[C@H]2CCNc3c(Br)cc(I)cc3[C@@H]2C1. The van der Waals surface area contributed by atoms with Crippen LogP contribution in [0.1, 0.15) is 17.9 Å². The summed E-state index contributed by atoms with van der Waals surface area (Å²) in [5.74, 6) is 0.738. The van der Waals surface area contributed by atoms with Crippen molar-refractivity contribution < 1.29 is 9.90 Å². The number of rotatable bonds is 0. The Labute approximate surface area is 133 Å². The normalized spacial score (nSPS) is 25.3. The number of hydrogen-bond donors (Lipinski definition) is 2. The van der Waals surface area contributed by atoms with E-state index in [4.69, 9.17) is 0 Å². The van der Waals surface area contributed by atoms with Crippen molar-refractivity contribution in [2.75, 3.05) is 25.0 Å². The summed E-state index contributed by atoms with van der Waals surface area (Å²) >= 11 is 5.92. The van der Waals surface area contributed by atoms with Crippen LogP contribution in [0.25, 0.3) is 0 Å². The second kappa shape index (κ2) is 5.12. The lowest BCUT2D eigenvalue weighted by atomic mass is 9.87. The Kier molecular flexibility index (Phi) is 3.63. The molecule has 2 heterocycles. The van der Waals surface area contributed by atoms with Gasteiger partial charge in [0, 0.05) is 33.6 Å². The molecule has 1 amide bonds. The molecule has 102 valence electrons. The fourth-order valence-electron chi connectivity index (χ4n) is 3.13. The van der Waals surface area contributed by atoms with E-state index in [2.05, 4.69) is 56.0 Å². The molecule has 2 aliphatic rings. The predicted molar refractivity (Wildman–Crippen MR) is 85.8 cm³/mol. The molecule has 3 rings (SSSR count). The van der Waals surface area contributed by atoms with E-state index in [-0.39, 0.29) is 0 Å². The number of amides is 1. The smallest absolute Gasteiger partial charge is 0.407 e. The van der Waals surface area contributed by atoms with Gasteiger partial charge in [-0.2, -0.15) is 0 Å². The third-order valence-electron chi connectivity index (χ3n) is 4.01. The Morgan fingerprint density at radius 3 is 3.00 bits per heavy atom. The number of nitrogens with one attached hydrogen (secondary N) is 1. The monoisotopic (exact) mass is 436 g/mol. The van der Waals surface area contributed by atoms with E-state index in [1.54, 1.807) is 4.90 Å². The molecule has 2 atom stereocenters. The molecule has 0 spiro atoms. The molecule has 4 nitrogen and oxygen atoms in total. The van der Waals surface area contributed by atoms with Crippen LogP contribution in [0.3, 0.4) is 0 Å². The Balaban J connectivity index is 2.03. The second-order valence-electron chi connectivity index (χ2n) is 5.12. The third kappa shape index (κ3) is 2.44. The zero-order valence-electron chi connectivity index (χ0n) is 10.2. The minimum atomic E-state index is -0.799. The summed E-state index contributed by atoms with van der Waals surface area (Å²) in [7, 11) is 0. The Hall–Kier alpha value is -0.500. The van der Waals surface area contributed by atoms with Gasteiger partial charge in [-0.05, 0) is 68.6 Å². The molecule has 0 radical (unpaired) electrons. The van der Waals surface area contributed by atoms with Crippen molar-refractivity contribution >= 4 is 50.3 Å². The molecule has 1 fully saturated rings. The van der Waals surface area contributed by atoms with Gasteiger partial charge in [0.05, 0.1) is 5.69 Å². The number of halogens is 2. The van der Waals surface area contributed by atoms with Crippen molar-refractivity contribution in [1.82, 2.24) is 4.90 Å². The molecule has 19 heavy (non-hydrogen) atoms. The second-order valence-corrected chi connectivity index (χ2v) is 7.22. The molecule has 2 N–H and O–H groups in total. The van der Waals surface area contributed by atoms with Crippen molar-refractivity contribution in [3.8, 4) is 0 Å². The number of nitrogens with zero attached hydrogens (tertiary/aromatic N) is 1. The van der Waals surface area contributed by atoms with Gasteiger partial charge in [-0.15, -0.1) is 0 Å². The molecule has 0 bridgehead atoms. The van der Waals surface area contributed by atoms with Crippen molar-refractivity contribution in [3.63, 3.8) is 0 Å². The summed E-state index contributed by atoms with van der Waals surface area (Å²) in [4.78, 5) is 12.7. The van der Waals surface area contributed by atoms with E-state index >= 15 is 0 Å².